The Balaban J connectivity index is 0.00000134. The number of nitrogens with zero attached hydrogens (tertiary/aromatic N) is 1. The molecule has 5 heteroatoms. The van der Waals surface area contributed by atoms with E-state index in [0.717, 1.165) is 38.3 Å². The number of rotatable bonds is 6. The highest BCUT2D eigenvalue weighted by Gasteiger charge is 2.21. The maximum atomic E-state index is 13.0. The molecule has 1 saturated heterocycles. The van der Waals surface area contributed by atoms with E-state index < -0.39 is 6.67 Å². The van der Waals surface area contributed by atoms with Gasteiger partial charge in [0.1, 0.15) is 6.67 Å². The maximum absolute atomic E-state index is 13.0. The average molecular weight is 357 g/mol. The Labute approximate surface area is 153 Å². The van der Waals surface area contributed by atoms with Gasteiger partial charge in [-0.1, -0.05) is 39.8 Å². The van der Waals surface area contributed by atoms with Crippen LogP contribution in [0.2, 0.25) is 0 Å². The number of halogens is 1. The fraction of sp³-hybridized carbons (Fsp3) is 0.700. The molecule has 0 bridgehead atoms. The Morgan fingerprint density at radius 2 is 1.76 bits per heavy atom. The van der Waals surface area contributed by atoms with Crippen LogP contribution in [0.25, 0.3) is 0 Å². The molecular formula is C20H37FN2O2. The Morgan fingerprint density at radius 3 is 2.28 bits per heavy atom. The molecule has 1 aliphatic heterocycles. The van der Waals surface area contributed by atoms with E-state index >= 15 is 0 Å². The van der Waals surface area contributed by atoms with E-state index in [1.165, 1.54) is 5.69 Å². The summed E-state index contributed by atoms with van der Waals surface area (Å²) < 4.78 is 24.0. The second-order valence-electron chi connectivity index (χ2n) is 5.25. The molecule has 25 heavy (non-hydrogen) atoms. The van der Waals surface area contributed by atoms with Gasteiger partial charge >= 0.3 is 0 Å². The predicted octanol–water partition coefficient (Wildman–Crippen LogP) is 4.21. The first-order valence-corrected chi connectivity index (χ1v) is 9.48. The van der Waals surface area contributed by atoms with E-state index in [2.05, 4.69) is 22.3 Å². The summed E-state index contributed by atoms with van der Waals surface area (Å²) in [5.74, 6) is 0. The molecule has 1 aromatic rings. The van der Waals surface area contributed by atoms with Crippen molar-refractivity contribution in [1.82, 2.24) is 5.32 Å². The standard InChI is InChI=1S/C16H25FN2O2.2C2H6/c1-18-15(12-17)16(20-2)13-4-6-14(7-5-13)19-8-3-10-21-11-9-19;2*1-2/h4-7,15-16,18H,3,8-12H2,1-2H3;2*1-2H3. The first kappa shape index (κ1) is 23.8. The molecule has 1 aromatic carbocycles. The van der Waals surface area contributed by atoms with Gasteiger partial charge in [-0.05, 0) is 31.2 Å². The third-order valence-corrected chi connectivity index (χ3v) is 3.97. The van der Waals surface area contributed by atoms with Crippen molar-refractivity contribution in [2.45, 2.75) is 46.3 Å². The van der Waals surface area contributed by atoms with Crippen LogP contribution >= 0.6 is 0 Å². The van der Waals surface area contributed by atoms with Crippen molar-refractivity contribution in [3.8, 4) is 0 Å². The number of likely N-dealkylation sites (N-methyl/N-ethyl adjacent to an activating group) is 1. The Bertz CT molecular complexity index is 403. The van der Waals surface area contributed by atoms with Gasteiger partial charge < -0.3 is 19.7 Å². The summed E-state index contributed by atoms with van der Waals surface area (Å²) in [4.78, 5) is 2.32. The average Bonchev–Trinajstić information content (AvgIpc) is 2.99. The monoisotopic (exact) mass is 356 g/mol. The van der Waals surface area contributed by atoms with E-state index in [1.54, 1.807) is 14.2 Å². The number of methoxy groups -OCH3 is 1. The summed E-state index contributed by atoms with van der Waals surface area (Å²) in [5.41, 5.74) is 2.17. The number of hydrogen-bond donors (Lipinski definition) is 1. The molecule has 0 amide bonds. The lowest BCUT2D eigenvalue weighted by Gasteiger charge is -2.25. The van der Waals surface area contributed by atoms with E-state index in [1.807, 2.05) is 39.8 Å². The first-order chi connectivity index (χ1) is 12.3. The minimum absolute atomic E-state index is 0.276. The Morgan fingerprint density at radius 1 is 1.12 bits per heavy atom. The lowest BCUT2D eigenvalue weighted by atomic mass is 10.0. The molecule has 0 aromatic heterocycles. The van der Waals surface area contributed by atoms with Crippen LogP contribution in [0.1, 0.15) is 45.8 Å². The number of alkyl halides is 1. The van der Waals surface area contributed by atoms with Crippen molar-refractivity contribution < 1.29 is 13.9 Å². The highest BCUT2D eigenvalue weighted by atomic mass is 19.1. The van der Waals surface area contributed by atoms with E-state index in [4.69, 9.17) is 9.47 Å². The Hall–Kier alpha value is -1.17. The lowest BCUT2D eigenvalue weighted by Crippen LogP contribution is -2.35. The molecule has 146 valence electrons. The second kappa shape index (κ2) is 15.1. The molecule has 1 fully saturated rings. The van der Waals surface area contributed by atoms with Gasteiger partial charge in [-0.15, -0.1) is 0 Å². The molecule has 0 aliphatic carbocycles. The van der Waals surface area contributed by atoms with Crippen LogP contribution in [0, 0.1) is 0 Å². The first-order valence-electron chi connectivity index (χ1n) is 9.48. The Kier molecular flexibility index (Phi) is 14.4. The molecule has 2 unspecified atom stereocenters. The van der Waals surface area contributed by atoms with Crippen LogP contribution in [-0.4, -0.2) is 53.2 Å². The summed E-state index contributed by atoms with van der Waals surface area (Å²) in [6.45, 7) is 11.1. The van der Waals surface area contributed by atoms with Crippen molar-refractivity contribution in [1.29, 1.82) is 0 Å². The highest BCUT2D eigenvalue weighted by molar-refractivity contribution is 5.48. The second-order valence-corrected chi connectivity index (χ2v) is 5.25. The van der Waals surface area contributed by atoms with Crippen molar-refractivity contribution in [3.63, 3.8) is 0 Å². The number of benzene rings is 1. The third kappa shape index (κ3) is 7.72. The zero-order chi connectivity index (χ0) is 19.1. The molecule has 0 radical (unpaired) electrons. The van der Waals surface area contributed by atoms with Crippen molar-refractivity contribution >= 4 is 5.69 Å². The van der Waals surface area contributed by atoms with Gasteiger partial charge in [-0.3, -0.25) is 0 Å². The summed E-state index contributed by atoms with van der Waals surface area (Å²) in [6.07, 6.45) is 0.771. The molecule has 1 N–H and O–H groups in total. The van der Waals surface area contributed by atoms with Crippen LogP contribution in [0.4, 0.5) is 10.1 Å². The van der Waals surface area contributed by atoms with E-state index in [-0.39, 0.29) is 12.1 Å². The number of ether oxygens (including phenoxy) is 2. The van der Waals surface area contributed by atoms with E-state index in [0.29, 0.717) is 0 Å². The van der Waals surface area contributed by atoms with Gasteiger partial charge in [0.05, 0.1) is 18.8 Å². The van der Waals surface area contributed by atoms with Gasteiger partial charge in [-0.2, -0.15) is 0 Å². The maximum Gasteiger partial charge on any atom is 0.108 e. The van der Waals surface area contributed by atoms with E-state index in [9.17, 15) is 4.39 Å². The highest BCUT2D eigenvalue weighted by Crippen LogP contribution is 2.24. The fourth-order valence-corrected chi connectivity index (χ4v) is 2.72. The summed E-state index contributed by atoms with van der Waals surface area (Å²) >= 11 is 0. The summed E-state index contributed by atoms with van der Waals surface area (Å²) in [6, 6.07) is 7.88. The molecule has 4 nitrogen and oxygen atoms in total. The third-order valence-electron chi connectivity index (χ3n) is 3.97. The smallest absolute Gasteiger partial charge is 0.108 e. The largest absolute Gasteiger partial charge is 0.380 e. The summed E-state index contributed by atoms with van der Waals surface area (Å²) in [5, 5.41) is 2.96. The van der Waals surface area contributed by atoms with Crippen molar-refractivity contribution in [3.05, 3.63) is 29.8 Å². The van der Waals surface area contributed by atoms with Gasteiger partial charge in [0.25, 0.3) is 0 Å². The molecule has 2 atom stereocenters. The molecule has 1 heterocycles. The van der Waals surface area contributed by atoms with Gasteiger partial charge in [0.2, 0.25) is 0 Å². The lowest BCUT2D eigenvalue weighted by molar-refractivity contribution is 0.0615. The fourth-order valence-electron chi connectivity index (χ4n) is 2.72. The summed E-state index contributed by atoms with van der Waals surface area (Å²) in [7, 11) is 3.37. The van der Waals surface area contributed by atoms with Gasteiger partial charge in [0, 0.05) is 32.5 Å². The van der Waals surface area contributed by atoms with Crippen LogP contribution in [0.15, 0.2) is 24.3 Å². The van der Waals surface area contributed by atoms with Crippen LogP contribution in [0.3, 0.4) is 0 Å². The van der Waals surface area contributed by atoms with Crippen LogP contribution in [-0.2, 0) is 9.47 Å². The quantitative estimate of drug-likeness (QED) is 0.828. The predicted molar refractivity (Wildman–Crippen MR) is 105 cm³/mol. The molecule has 0 saturated carbocycles. The van der Waals surface area contributed by atoms with Crippen LogP contribution < -0.4 is 10.2 Å². The van der Waals surface area contributed by atoms with Gasteiger partial charge in [0.15, 0.2) is 0 Å². The topological polar surface area (TPSA) is 33.7 Å². The van der Waals surface area contributed by atoms with Crippen LogP contribution in [0.5, 0.6) is 0 Å². The molecular weight excluding hydrogens is 319 g/mol. The SMILES string of the molecule is CC.CC.CNC(CF)C(OC)c1ccc(N2CCCOCC2)cc1. The molecule has 0 spiro atoms. The minimum Gasteiger partial charge on any atom is -0.380 e. The normalized spacial score (nSPS) is 16.5. The molecule has 2 rings (SSSR count). The minimum atomic E-state index is -0.458. The number of nitrogens with one attached hydrogen (secondary N) is 1. The number of hydrogen-bond acceptors (Lipinski definition) is 4. The van der Waals surface area contributed by atoms with Crippen molar-refractivity contribution in [2.75, 3.05) is 52.0 Å². The molecule has 1 aliphatic rings. The van der Waals surface area contributed by atoms with Crippen molar-refractivity contribution in [2.24, 2.45) is 0 Å². The zero-order valence-electron chi connectivity index (χ0n) is 16.8. The zero-order valence-corrected chi connectivity index (χ0v) is 16.8. The van der Waals surface area contributed by atoms with Gasteiger partial charge in [-0.25, -0.2) is 4.39 Å². The number of anilines is 1.